The molecule has 2 aromatic carbocycles. The van der Waals surface area contributed by atoms with Crippen LogP contribution in [-0.4, -0.2) is 24.8 Å². The summed E-state index contributed by atoms with van der Waals surface area (Å²) in [6.45, 7) is 4.04. The number of hydrogen-bond donors (Lipinski definition) is 2. The molecule has 0 unspecified atom stereocenters. The van der Waals surface area contributed by atoms with E-state index in [4.69, 9.17) is 0 Å². The van der Waals surface area contributed by atoms with Crippen molar-refractivity contribution >= 4 is 11.7 Å². The molecule has 1 aliphatic heterocycles. The van der Waals surface area contributed by atoms with Gasteiger partial charge in [0.1, 0.15) is 12.4 Å². The number of Topliss-reactive ketones (excluding diaryl/α,β-unsaturated/α-hetero) is 1. The highest BCUT2D eigenvalue weighted by molar-refractivity contribution is 5.97. The van der Waals surface area contributed by atoms with Crippen LogP contribution in [-0.2, 0) is 17.9 Å². The van der Waals surface area contributed by atoms with Gasteiger partial charge in [-0.25, -0.2) is 4.39 Å². The molecular formula is C22H26FN2O2+. The molecule has 0 atom stereocenters. The SMILES string of the molecule is O=C(CCC(=O)c1ccc(F)cc1)NCc1ccc(C[NH+]2CCCC2)cc1. The molecule has 2 N–H and O–H groups in total. The largest absolute Gasteiger partial charge is 0.352 e. The van der Waals surface area contributed by atoms with Gasteiger partial charge in [0.05, 0.1) is 13.1 Å². The molecule has 0 bridgehead atoms. The molecule has 0 spiro atoms. The zero-order valence-corrected chi connectivity index (χ0v) is 15.5. The van der Waals surface area contributed by atoms with E-state index in [-0.39, 0.29) is 30.3 Å². The molecule has 0 saturated carbocycles. The van der Waals surface area contributed by atoms with Gasteiger partial charge in [-0.3, -0.25) is 9.59 Å². The Morgan fingerprint density at radius 1 is 0.889 bits per heavy atom. The van der Waals surface area contributed by atoms with Gasteiger partial charge >= 0.3 is 0 Å². The maximum absolute atomic E-state index is 12.9. The van der Waals surface area contributed by atoms with E-state index < -0.39 is 0 Å². The van der Waals surface area contributed by atoms with Crippen molar-refractivity contribution in [2.45, 2.75) is 38.8 Å². The van der Waals surface area contributed by atoms with Crippen molar-refractivity contribution < 1.29 is 18.9 Å². The van der Waals surface area contributed by atoms with E-state index in [1.54, 1.807) is 4.90 Å². The van der Waals surface area contributed by atoms with E-state index in [0.29, 0.717) is 12.1 Å². The van der Waals surface area contributed by atoms with Crippen LogP contribution in [0.2, 0.25) is 0 Å². The van der Waals surface area contributed by atoms with Gasteiger partial charge in [-0.05, 0) is 29.8 Å². The Morgan fingerprint density at radius 3 is 2.19 bits per heavy atom. The number of carbonyl (C=O) groups is 2. The molecule has 0 radical (unpaired) electrons. The fourth-order valence-corrected chi connectivity index (χ4v) is 3.41. The van der Waals surface area contributed by atoms with Crippen molar-refractivity contribution in [1.29, 1.82) is 0 Å². The molecular weight excluding hydrogens is 343 g/mol. The van der Waals surface area contributed by atoms with E-state index >= 15 is 0 Å². The van der Waals surface area contributed by atoms with Crippen molar-refractivity contribution in [3.63, 3.8) is 0 Å². The van der Waals surface area contributed by atoms with Crippen molar-refractivity contribution in [2.24, 2.45) is 0 Å². The number of quaternary nitrogens is 1. The van der Waals surface area contributed by atoms with Gasteiger partial charge in [0.2, 0.25) is 5.91 Å². The molecule has 5 heteroatoms. The highest BCUT2D eigenvalue weighted by atomic mass is 19.1. The minimum Gasteiger partial charge on any atom is -0.352 e. The summed E-state index contributed by atoms with van der Waals surface area (Å²) in [5.41, 5.74) is 2.81. The van der Waals surface area contributed by atoms with Crippen LogP contribution in [0.5, 0.6) is 0 Å². The Balaban J connectivity index is 1.39. The summed E-state index contributed by atoms with van der Waals surface area (Å²) in [5, 5.41) is 2.85. The molecule has 1 heterocycles. The zero-order chi connectivity index (χ0) is 19.1. The Bertz CT molecular complexity index is 766. The predicted molar refractivity (Wildman–Crippen MR) is 102 cm³/mol. The molecule has 27 heavy (non-hydrogen) atoms. The lowest BCUT2D eigenvalue weighted by Gasteiger charge is -2.12. The number of nitrogens with one attached hydrogen (secondary N) is 2. The summed E-state index contributed by atoms with van der Waals surface area (Å²) >= 11 is 0. The maximum atomic E-state index is 12.9. The number of ketones is 1. The van der Waals surface area contributed by atoms with Crippen molar-refractivity contribution in [1.82, 2.24) is 5.32 Å². The highest BCUT2D eigenvalue weighted by Gasteiger charge is 2.15. The van der Waals surface area contributed by atoms with Crippen LogP contribution in [0.1, 0.15) is 47.2 Å². The Morgan fingerprint density at radius 2 is 1.52 bits per heavy atom. The number of amides is 1. The molecule has 0 aromatic heterocycles. The normalized spacial score (nSPS) is 14.3. The molecule has 1 amide bonds. The van der Waals surface area contributed by atoms with Crippen molar-refractivity contribution in [3.05, 3.63) is 71.0 Å². The van der Waals surface area contributed by atoms with Crippen LogP contribution in [0.15, 0.2) is 48.5 Å². The Labute approximate surface area is 159 Å². The Hall–Kier alpha value is -2.53. The fraction of sp³-hybridized carbons (Fsp3) is 0.364. The lowest BCUT2D eigenvalue weighted by Crippen LogP contribution is -3.08. The van der Waals surface area contributed by atoms with Crippen LogP contribution < -0.4 is 10.2 Å². The predicted octanol–water partition coefficient (Wildman–Crippen LogP) is 2.28. The molecule has 1 aliphatic rings. The molecule has 1 saturated heterocycles. The molecule has 3 rings (SSSR count). The maximum Gasteiger partial charge on any atom is 0.220 e. The van der Waals surface area contributed by atoms with E-state index in [0.717, 1.165) is 12.1 Å². The average Bonchev–Trinajstić information content (AvgIpc) is 3.19. The highest BCUT2D eigenvalue weighted by Crippen LogP contribution is 2.08. The number of halogens is 1. The Kier molecular flexibility index (Phi) is 6.71. The lowest BCUT2D eigenvalue weighted by molar-refractivity contribution is -0.901. The minimum atomic E-state index is -0.378. The van der Waals surface area contributed by atoms with Gasteiger partial charge in [-0.15, -0.1) is 0 Å². The van der Waals surface area contributed by atoms with Gasteiger partial charge in [0, 0.05) is 43.4 Å². The third kappa shape index (κ3) is 6.00. The number of likely N-dealkylation sites (tertiary alicyclic amines) is 1. The third-order valence-electron chi connectivity index (χ3n) is 5.02. The van der Waals surface area contributed by atoms with Crippen LogP contribution >= 0.6 is 0 Å². The summed E-state index contributed by atoms with van der Waals surface area (Å²) in [5.74, 6) is -0.688. The first-order chi connectivity index (χ1) is 13.1. The lowest BCUT2D eigenvalue weighted by atomic mass is 10.1. The minimum absolute atomic E-state index is 0.120. The second-order valence-corrected chi connectivity index (χ2v) is 7.16. The van der Waals surface area contributed by atoms with Gasteiger partial charge in [0.25, 0.3) is 0 Å². The molecule has 142 valence electrons. The monoisotopic (exact) mass is 369 g/mol. The fourth-order valence-electron chi connectivity index (χ4n) is 3.41. The topological polar surface area (TPSA) is 50.6 Å². The summed E-state index contributed by atoms with van der Waals surface area (Å²) < 4.78 is 12.9. The standard InChI is InChI=1S/C22H25FN2O2/c23-20-9-7-19(8-10-20)21(26)11-12-22(27)24-15-17-3-5-18(6-4-17)16-25-13-1-2-14-25/h3-10H,1-2,11-16H2,(H,24,27)/p+1. The van der Waals surface area contributed by atoms with Crippen LogP contribution in [0.3, 0.4) is 0 Å². The first-order valence-corrected chi connectivity index (χ1v) is 9.57. The number of hydrogen-bond acceptors (Lipinski definition) is 2. The van der Waals surface area contributed by atoms with Gasteiger partial charge in [0.15, 0.2) is 5.78 Å². The van der Waals surface area contributed by atoms with Crippen LogP contribution in [0.4, 0.5) is 4.39 Å². The van der Waals surface area contributed by atoms with E-state index in [2.05, 4.69) is 29.6 Å². The smallest absolute Gasteiger partial charge is 0.220 e. The summed E-state index contributed by atoms with van der Waals surface area (Å²) in [4.78, 5) is 25.6. The van der Waals surface area contributed by atoms with Gasteiger partial charge in [-0.1, -0.05) is 24.3 Å². The first-order valence-electron chi connectivity index (χ1n) is 9.57. The zero-order valence-electron chi connectivity index (χ0n) is 15.5. The molecule has 4 nitrogen and oxygen atoms in total. The number of carbonyl (C=O) groups excluding carboxylic acids is 2. The van der Waals surface area contributed by atoms with E-state index in [1.807, 2.05) is 0 Å². The second kappa shape index (κ2) is 9.42. The number of rotatable bonds is 8. The molecule has 2 aromatic rings. The van der Waals surface area contributed by atoms with Crippen molar-refractivity contribution in [3.8, 4) is 0 Å². The summed E-state index contributed by atoms with van der Waals surface area (Å²) in [6, 6.07) is 13.8. The van der Waals surface area contributed by atoms with Crippen molar-refractivity contribution in [2.75, 3.05) is 13.1 Å². The second-order valence-electron chi connectivity index (χ2n) is 7.16. The summed E-state index contributed by atoms with van der Waals surface area (Å²) in [6.07, 6.45) is 2.90. The molecule has 1 fully saturated rings. The van der Waals surface area contributed by atoms with Crippen LogP contribution in [0, 0.1) is 5.82 Å². The van der Waals surface area contributed by atoms with Crippen LogP contribution in [0.25, 0.3) is 0 Å². The third-order valence-corrected chi connectivity index (χ3v) is 5.02. The van der Waals surface area contributed by atoms with Gasteiger partial charge < -0.3 is 10.2 Å². The van der Waals surface area contributed by atoms with E-state index in [9.17, 15) is 14.0 Å². The van der Waals surface area contributed by atoms with E-state index in [1.165, 1.54) is 55.8 Å². The quantitative estimate of drug-likeness (QED) is 0.702. The summed E-state index contributed by atoms with van der Waals surface area (Å²) in [7, 11) is 0. The number of benzene rings is 2. The molecule has 0 aliphatic carbocycles. The van der Waals surface area contributed by atoms with Gasteiger partial charge in [-0.2, -0.15) is 0 Å². The average molecular weight is 369 g/mol. The first kappa shape index (κ1) is 19.2.